The van der Waals surface area contributed by atoms with E-state index in [2.05, 4.69) is 15.6 Å². The van der Waals surface area contributed by atoms with E-state index in [0.717, 1.165) is 5.56 Å². The number of nitrogens with one attached hydrogen (secondary N) is 2. The number of benzene rings is 2. The number of hydrogen-bond acceptors (Lipinski definition) is 4. The van der Waals surface area contributed by atoms with Gasteiger partial charge < -0.3 is 19.9 Å². The molecule has 0 saturated heterocycles. The van der Waals surface area contributed by atoms with Gasteiger partial charge in [-0.3, -0.25) is 9.59 Å². The number of ether oxygens (including phenoxy) is 1. The molecule has 0 radical (unpaired) electrons. The predicted molar refractivity (Wildman–Crippen MR) is 110 cm³/mol. The molecule has 0 bridgehead atoms. The van der Waals surface area contributed by atoms with Crippen LogP contribution in [-0.2, 0) is 11.8 Å². The van der Waals surface area contributed by atoms with Crippen molar-refractivity contribution in [2.24, 2.45) is 7.05 Å². The van der Waals surface area contributed by atoms with Crippen molar-refractivity contribution in [3.8, 4) is 5.75 Å². The van der Waals surface area contributed by atoms with Crippen molar-refractivity contribution < 1.29 is 14.3 Å². The standard InChI is InChI=1S/C21H21ClN4O3/c1-26-12-11-23-20(26)19(14-3-7-16(22)8-4-14)25-18(27)13-24-21(28)15-5-9-17(29-2)10-6-15/h3-12,19H,13H2,1-2H3,(H,24,28)(H,25,27)/t19-/m1/s1. The van der Waals surface area contributed by atoms with Crippen LogP contribution in [0.25, 0.3) is 0 Å². The first kappa shape index (κ1) is 20.4. The Bertz CT molecular complexity index is 984. The number of imidazole rings is 1. The van der Waals surface area contributed by atoms with Crippen molar-refractivity contribution in [1.82, 2.24) is 20.2 Å². The summed E-state index contributed by atoms with van der Waals surface area (Å²) in [6.07, 6.45) is 3.46. The Balaban J connectivity index is 1.67. The molecule has 29 heavy (non-hydrogen) atoms. The van der Waals surface area contributed by atoms with Crippen LogP contribution in [0, 0.1) is 0 Å². The Morgan fingerprint density at radius 2 is 1.83 bits per heavy atom. The van der Waals surface area contributed by atoms with E-state index in [1.54, 1.807) is 55.9 Å². The molecule has 0 aliphatic carbocycles. The second-order valence-electron chi connectivity index (χ2n) is 6.36. The second-order valence-corrected chi connectivity index (χ2v) is 6.80. The number of amides is 2. The largest absolute Gasteiger partial charge is 0.497 e. The molecule has 0 spiro atoms. The molecular formula is C21H21ClN4O3. The summed E-state index contributed by atoms with van der Waals surface area (Å²) in [4.78, 5) is 29.1. The molecule has 3 rings (SSSR count). The minimum atomic E-state index is -0.474. The van der Waals surface area contributed by atoms with Crippen molar-refractivity contribution in [3.05, 3.63) is 82.9 Å². The monoisotopic (exact) mass is 412 g/mol. The molecule has 8 heteroatoms. The normalized spacial score (nSPS) is 11.6. The van der Waals surface area contributed by atoms with Crippen molar-refractivity contribution in [3.63, 3.8) is 0 Å². The van der Waals surface area contributed by atoms with Gasteiger partial charge >= 0.3 is 0 Å². The van der Waals surface area contributed by atoms with Crippen LogP contribution in [-0.4, -0.2) is 35.0 Å². The zero-order chi connectivity index (χ0) is 20.8. The predicted octanol–water partition coefficient (Wildman–Crippen LogP) is 2.72. The smallest absolute Gasteiger partial charge is 0.251 e. The number of aryl methyl sites for hydroxylation is 1. The van der Waals surface area contributed by atoms with Crippen LogP contribution < -0.4 is 15.4 Å². The topological polar surface area (TPSA) is 85.2 Å². The maximum atomic E-state index is 12.5. The van der Waals surface area contributed by atoms with Crippen molar-refractivity contribution in [2.75, 3.05) is 13.7 Å². The van der Waals surface area contributed by atoms with Gasteiger partial charge in [-0.1, -0.05) is 23.7 Å². The third-order valence-corrected chi connectivity index (χ3v) is 4.64. The summed E-state index contributed by atoms with van der Waals surface area (Å²) in [5, 5.41) is 6.15. The van der Waals surface area contributed by atoms with Crippen LogP contribution >= 0.6 is 11.6 Å². The summed E-state index contributed by atoms with van der Waals surface area (Å²) >= 11 is 5.98. The Labute approximate surface area is 173 Å². The summed E-state index contributed by atoms with van der Waals surface area (Å²) in [5.74, 6) is 0.639. The SMILES string of the molecule is COc1ccc(C(=O)NCC(=O)N[C@H](c2ccc(Cl)cc2)c2nccn2C)cc1. The van der Waals surface area contributed by atoms with Crippen LogP contribution in [0.5, 0.6) is 5.75 Å². The van der Waals surface area contributed by atoms with E-state index in [1.807, 2.05) is 23.7 Å². The number of carbonyl (C=O) groups excluding carboxylic acids is 2. The lowest BCUT2D eigenvalue weighted by molar-refractivity contribution is -0.120. The fraction of sp³-hybridized carbons (Fsp3) is 0.190. The maximum absolute atomic E-state index is 12.5. The molecule has 150 valence electrons. The number of nitrogens with zero attached hydrogens (tertiary/aromatic N) is 2. The molecule has 0 fully saturated rings. The zero-order valence-corrected chi connectivity index (χ0v) is 16.8. The van der Waals surface area contributed by atoms with Crippen molar-refractivity contribution in [2.45, 2.75) is 6.04 Å². The lowest BCUT2D eigenvalue weighted by Crippen LogP contribution is -2.39. The molecule has 2 amide bonds. The molecule has 1 heterocycles. The molecule has 0 unspecified atom stereocenters. The van der Waals surface area contributed by atoms with Crippen LogP contribution in [0.2, 0.25) is 5.02 Å². The van der Waals surface area contributed by atoms with E-state index in [-0.39, 0.29) is 18.4 Å². The van der Waals surface area contributed by atoms with E-state index in [0.29, 0.717) is 22.2 Å². The summed E-state index contributed by atoms with van der Waals surface area (Å²) in [6.45, 7) is -0.167. The molecule has 0 saturated carbocycles. The van der Waals surface area contributed by atoms with Gasteiger partial charge in [0.1, 0.15) is 17.6 Å². The van der Waals surface area contributed by atoms with Gasteiger partial charge in [-0.15, -0.1) is 0 Å². The molecule has 3 aromatic rings. The number of carbonyl (C=O) groups is 2. The highest BCUT2D eigenvalue weighted by Gasteiger charge is 2.21. The maximum Gasteiger partial charge on any atom is 0.251 e. The Morgan fingerprint density at radius 1 is 1.14 bits per heavy atom. The Kier molecular flexibility index (Phi) is 6.51. The molecule has 0 aliphatic heterocycles. The van der Waals surface area contributed by atoms with Gasteiger partial charge in [0, 0.05) is 30.0 Å². The van der Waals surface area contributed by atoms with Crippen molar-refractivity contribution >= 4 is 23.4 Å². The van der Waals surface area contributed by atoms with Gasteiger partial charge in [-0.25, -0.2) is 4.98 Å². The number of methoxy groups -OCH3 is 1. The van der Waals surface area contributed by atoms with Gasteiger partial charge in [0.15, 0.2) is 0 Å². The van der Waals surface area contributed by atoms with Gasteiger partial charge in [0.25, 0.3) is 5.91 Å². The quantitative estimate of drug-likeness (QED) is 0.624. The first-order valence-electron chi connectivity index (χ1n) is 8.92. The van der Waals surface area contributed by atoms with Crippen LogP contribution in [0.3, 0.4) is 0 Å². The summed E-state index contributed by atoms with van der Waals surface area (Å²) in [5.41, 5.74) is 1.27. The minimum Gasteiger partial charge on any atom is -0.497 e. The average Bonchev–Trinajstić information content (AvgIpc) is 3.16. The average molecular weight is 413 g/mol. The number of rotatable bonds is 7. The highest BCUT2D eigenvalue weighted by molar-refractivity contribution is 6.30. The molecular weight excluding hydrogens is 392 g/mol. The zero-order valence-electron chi connectivity index (χ0n) is 16.1. The van der Waals surface area contributed by atoms with E-state index in [9.17, 15) is 9.59 Å². The Hall–Kier alpha value is -3.32. The Morgan fingerprint density at radius 3 is 2.41 bits per heavy atom. The molecule has 0 aliphatic rings. The highest BCUT2D eigenvalue weighted by Crippen LogP contribution is 2.22. The number of halogens is 1. The molecule has 2 aromatic carbocycles. The summed E-state index contributed by atoms with van der Waals surface area (Å²) in [7, 11) is 3.40. The summed E-state index contributed by atoms with van der Waals surface area (Å²) < 4.78 is 6.90. The fourth-order valence-corrected chi connectivity index (χ4v) is 2.95. The van der Waals surface area contributed by atoms with Gasteiger partial charge in [-0.2, -0.15) is 0 Å². The van der Waals surface area contributed by atoms with Crippen LogP contribution in [0.4, 0.5) is 0 Å². The molecule has 7 nitrogen and oxygen atoms in total. The third-order valence-electron chi connectivity index (χ3n) is 4.39. The fourth-order valence-electron chi connectivity index (χ4n) is 2.82. The summed E-state index contributed by atoms with van der Waals surface area (Å²) in [6, 6.07) is 13.3. The van der Waals surface area contributed by atoms with Crippen molar-refractivity contribution in [1.29, 1.82) is 0 Å². The third kappa shape index (κ3) is 5.14. The molecule has 1 atom stereocenters. The van der Waals surface area contributed by atoms with E-state index >= 15 is 0 Å². The van der Waals surface area contributed by atoms with Gasteiger partial charge in [-0.05, 0) is 42.0 Å². The van der Waals surface area contributed by atoms with Crippen LogP contribution in [0.1, 0.15) is 27.8 Å². The van der Waals surface area contributed by atoms with Gasteiger partial charge in [0.05, 0.1) is 13.7 Å². The van der Waals surface area contributed by atoms with E-state index < -0.39 is 6.04 Å². The first-order chi connectivity index (χ1) is 14.0. The lowest BCUT2D eigenvalue weighted by atomic mass is 10.1. The van der Waals surface area contributed by atoms with E-state index in [1.165, 1.54) is 0 Å². The highest BCUT2D eigenvalue weighted by atomic mass is 35.5. The van der Waals surface area contributed by atoms with Gasteiger partial charge in [0.2, 0.25) is 5.91 Å². The second kappa shape index (κ2) is 9.25. The first-order valence-corrected chi connectivity index (χ1v) is 9.30. The number of aromatic nitrogens is 2. The van der Waals surface area contributed by atoms with Crippen LogP contribution in [0.15, 0.2) is 60.9 Å². The minimum absolute atomic E-state index is 0.167. The number of hydrogen-bond donors (Lipinski definition) is 2. The molecule has 2 N–H and O–H groups in total. The lowest BCUT2D eigenvalue weighted by Gasteiger charge is -2.19. The molecule has 1 aromatic heterocycles. The van der Waals surface area contributed by atoms with E-state index in [4.69, 9.17) is 16.3 Å².